The van der Waals surface area contributed by atoms with Gasteiger partial charge in [0, 0.05) is 21.8 Å². The van der Waals surface area contributed by atoms with E-state index in [4.69, 9.17) is 9.47 Å². The van der Waals surface area contributed by atoms with E-state index in [-0.39, 0.29) is 11.3 Å². The number of carbonyl (C=O) groups is 2. The van der Waals surface area contributed by atoms with Crippen molar-refractivity contribution in [3.05, 3.63) is 93.5 Å². The van der Waals surface area contributed by atoms with Crippen molar-refractivity contribution in [1.29, 1.82) is 0 Å². The fourth-order valence-corrected chi connectivity index (χ4v) is 4.44. The van der Waals surface area contributed by atoms with Crippen molar-refractivity contribution in [2.45, 2.75) is 26.8 Å². The maximum absolute atomic E-state index is 13.4. The van der Waals surface area contributed by atoms with Gasteiger partial charge in [-0.2, -0.15) is 0 Å². The van der Waals surface area contributed by atoms with Crippen LogP contribution in [-0.2, 0) is 9.59 Å². The Morgan fingerprint density at radius 1 is 0.943 bits per heavy atom. The van der Waals surface area contributed by atoms with Crippen LogP contribution in [0.25, 0.3) is 5.76 Å². The molecule has 7 heteroatoms. The van der Waals surface area contributed by atoms with Crippen LogP contribution in [0.3, 0.4) is 0 Å². The van der Waals surface area contributed by atoms with Crippen LogP contribution in [0.15, 0.2) is 76.8 Å². The van der Waals surface area contributed by atoms with E-state index in [0.29, 0.717) is 41.5 Å². The highest BCUT2D eigenvalue weighted by molar-refractivity contribution is 9.10. The fraction of sp³-hybridized carbons (Fsp3) is 0.214. The summed E-state index contributed by atoms with van der Waals surface area (Å²) >= 11 is 3.46. The number of ether oxygens (including phenoxy) is 2. The Labute approximate surface area is 212 Å². The molecule has 1 saturated heterocycles. The van der Waals surface area contributed by atoms with Gasteiger partial charge in [0.2, 0.25) is 0 Å². The number of aliphatic hydroxyl groups excluding tert-OH is 1. The number of ketones is 1. The number of benzene rings is 3. The minimum absolute atomic E-state index is 0.0205. The van der Waals surface area contributed by atoms with Gasteiger partial charge in [-0.1, -0.05) is 40.2 Å². The van der Waals surface area contributed by atoms with Gasteiger partial charge in [0.05, 0.1) is 24.8 Å². The molecule has 1 amide bonds. The number of nitrogens with zero attached hydrogens (tertiary/aromatic N) is 1. The molecule has 180 valence electrons. The van der Waals surface area contributed by atoms with Gasteiger partial charge in [-0.15, -0.1) is 0 Å². The van der Waals surface area contributed by atoms with Crippen molar-refractivity contribution in [2.75, 3.05) is 18.1 Å². The molecule has 1 N–H and O–H groups in total. The number of anilines is 1. The van der Waals surface area contributed by atoms with Crippen LogP contribution >= 0.6 is 15.9 Å². The molecule has 0 radical (unpaired) electrons. The van der Waals surface area contributed by atoms with E-state index in [1.165, 1.54) is 4.90 Å². The van der Waals surface area contributed by atoms with Crippen LogP contribution in [0.5, 0.6) is 11.5 Å². The monoisotopic (exact) mass is 535 g/mol. The molecule has 1 aliphatic heterocycles. The zero-order valence-corrected chi connectivity index (χ0v) is 21.3. The third-order valence-corrected chi connectivity index (χ3v) is 6.66. The number of Topliss-reactive ketones (excluding diaryl/α,β-unsaturated/α-hetero) is 1. The van der Waals surface area contributed by atoms with Crippen LogP contribution in [0.2, 0.25) is 0 Å². The number of rotatable bonds is 7. The van der Waals surface area contributed by atoms with Crippen molar-refractivity contribution in [1.82, 2.24) is 0 Å². The van der Waals surface area contributed by atoms with Crippen molar-refractivity contribution >= 4 is 39.1 Å². The molecular weight excluding hydrogens is 510 g/mol. The van der Waals surface area contributed by atoms with Crippen molar-refractivity contribution in [3.8, 4) is 11.5 Å². The Kier molecular flexibility index (Phi) is 7.26. The quantitative estimate of drug-likeness (QED) is 0.222. The summed E-state index contributed by atoms with van der Waals surface area (Å²) < 4.78 is 12.2. The fourth-order valence-electron chi connectivity index (χ4n) is 4.19. The van der Waals surface area contributed by atoms with Crippen molar-refractivity contribution < 1.29 is 24.2 Å². The van der Waals surface area contributed by atoms with Gasteiger partial charge in [0.1, 0.15) is 17.3 Å². The molecular formula is C28H26BrNO5. The second-order valence-corrected chi connectivity index (χ2v) is 8.92. The summed E-state index contributed by atoms with van der Waals surface area (Å²) in [5, 5.41) is 11.3. The van der Waals surface area contributed by atoms with E-state index < -0.39 is 17.7 Å². The standard InChI is InChI=1S/C28H26BrNO5/c1-4-34-21-10-6-8-18(15-21)25-24(26(31)19-12-13-23(29)17(3)14-19)27(32)28(33)30(25)20-9-7-11-22(16-20)35-5-2/h6-16,25,31H,4-5H2,1-3H3/b26-24+. The van der Waals surface area contributed by atoms with Crippen LogP contribution in [0, 0.1) is 6.92 Å². The van der Waals surface area contributed by atoms with Gasteiger partial charge in [0.25, 0.3) is 11.7 Å². The average Bonchev–Trinajstić information content (AvgIpc) is 3.11. The Balaban J connectivity index is 1.94. The highest BCUT2D eigenvalue weighted by Crippen LogP contribution is 2.43. The predicted octanol–water partition coefficient (Wildman–Crippen LogP) is 6.18. The van der Waals surface area contributed by atoms with Crippen molar-refractivity contribution in [2.24, 2.45) is 0 Å². The van der Waals surface area contributed by atoms with Gasteiger partial charge in [-0.05, 0) is 68.3 Å². The number of halogens is 1. The molecule has 1 unspecified atom stereocenters. The third kappa shape index (κ3) is 4.82. The van der Waals surface area contributed by atoms with E-state index in [1.807, 2.05) is 32.9 Å². The number of amides is 1. The minimum atomic E-state index is -0.851. The molecule has 0 bridgehead atoms. The largest absolute Gasteiger partial charge is 0.507 e. The summed E-state index contributed by atoms with van der Waals surface area (Å²) in [7, 11) is 0. The summed E-state index contributed by atoms with van der Waals surface area (Å²) in [5.41, 5.74) is 2.51. The van der Waals surface area contributed by atoms with Gasteiger partial charge < -0.3 is 14.6 Å². The molecule has 0 aromatic heterocycles. The number of carbonyl (C=O) groups excluding carboxylic acids is 2. The normalized spacial score (nSPS) is 17.0. The summed E-state index contributed by atoms with van der Waals surface area (Å²) in [6.45, 7) is 6.58. The highest BCUT2D eigenvalue weighted by Gasteiger charge is 2.47. The third-order valence-electron chi connectivity index (χ3n) is 5.77. The molecule has 0 aliphatic carbocycles. The molecule has 1 atom stereocenters. The van der Waals surface area contributed by atoms with E-state index >= 15 is 0 Å². The summed E-state index contributed by atoms with van der Waals surface area (Å²) in [6.07, 6.45) is 0. The van der Waals surface area contributed by atoms with Gasteiger partial charge >= 0.3 is 0 Å². The molecule has 0 saturated carbocycles. The summed E-state index contributed by atoms with van der Waals surface area (Å²) in [5.74, 6) is -0.512. The second-order valence-electron chi connectivity index (χ2n) is 8.07. The number of aryl methyl sites for hydroxylation is 1. The first-order chi connectivity index (χ1) is 16.8. The van der Waals surface area contributed by atoms with Gasteiger partial charge in [0.15, 0.2) is 0 Å². The summed E-state index contributed by atoms with van der Waals surface area (Å²) in [6, 6.07) is 18.7. The number of aliphatic hydroxyl groups is 1. The van der Waals surface area contributed by atoms with Gasteiger partial charge in [-0.3, -0.25) is 14.5 Å². The van der Waals surface area contributed by atoms with Crippen LogP contribution in [-0.4, -0.2) is 30.0 Å². The average molecular weight is 536 g/mol. The zero-order chi connectivity index (χ0) is 25.1. The molecule has 0 spiro atoms. The maximum Gasteiger partial charge on any atom is 0.300 e. The lowest BCUT2D eigenvalue weighted by atomic mass is 9.94. The molecule has 35 heavy (non-hydrogen) atoms. The second kappa shape index (κ2) is 10.4. The smallest absolute Gasteiger partial charge is 0.300 e. The predicted molar refractivity (Wildman–Crippen MR) is 139 cm³/mol. The van der Waals surface area contributed by atoms with Gasteiger partial charge in [-0.25, -0.2) is 0 Å². The van der Waals surface area contributed by atoms with Crippen LogP contribution in [0.4, 0.5) is 5.69 Å². The first kappa shape index (κ1) is 24.5. The molecule has 1 aliphatic rings. The molecule has 3 aromatic carbocycles. The maximum atomic E-state index is 13.4. The van der Waals surface area contributed by atoms with E-state index in [0.717, 1.165) is 10.0 Å². The highest BCUT2D eigenvalue weighted by atomic mass is 79.9. The Morgan fingerprint density at radius 3 is 2.26 bits per heavy atom. The SMILES string of the molecule is CCOc1cccc(C2/C(=C(\O)c3ccc(Br)c(C)c3)C(=O)C(=O)N2c2cccc(OCC)c2)c1. The number of hydrogen-bond donors (Lipinski definition) is 1. The van der Waals surface area contributed by atoms with Crippen molar-refractivity contribution in [3.63, 3.8) is 0 Å². The zero-order valence-electron chi connectivity index (χ0n) is 19.7. The molecule has 3 aromatic rings. The lowest BCUT2D eigenvalue weighted by molar-refractivity contribution is -0.132. The Hall–Kier alpha value is -3.58. The first-order valence-electron chi connectivity index (χ1n) is 11.4. The van der Waals surface area contributed by atoms with E-state index in [2.05, 4.69) is 15.9 Å². The molecule has 1 fully saturated rings. The summed E-state index contributed by atoms with van der Waals surface area (Å²) in [4.78, 5) is 28.2. The Bertz CT molecular complexity index is 1320. The topological polar surface area (TPSA) is 76.1 Å². The number of hydrogen-bond acceptors (Lipinski definition) is 5. The Morgan fingerprint density at radius 2 is 1.60 bits per heavy atom. The molecule has 4 rings (SSSR count). The van der Waals surface area contributed by atoms with Crippen LogP contribution < -0.4 is 14.4 Å². The molecule has 6 nitrogen and oxygen atoms in total. The molecule has 1 heterocycles. The van der Waals surface area contributed by atoms with E-state index in [9.17, 15) is 14.7 Å². The lowest BCUT2D eigenvalue weighted by Gasteiger charge is -2.26. The minimum Gasteiger partial charge on any atom is -0.507 e. The van der Waals surface area contributed by atoms with Crippen LogP contribution in [0.1, 0.15) is 36.6 Å². The first-order valence-corrected chi connectivity index (χ1v) is 12.2. The van der Waals surface area contributed by atoms with E-state index in [1.54, 1.807) is 54.6 Å². The lowest BCUT2D eigenvalue weighted by Crippen LogP contribution is -2.29.